The third-order valence-electron chi connectivity index (χ3n) is 4.00. The Morgan fingerprint density at radius 2 is 2.00 bits per heavy atom. The number of ether oxygens (including phenoxy) is 1. The van der Waals surface area contributed by atoms with E-state index in [2.05, 4.69) is 15.4 Å². The highest BCUT2D eigenvalue weighted by Crippen LogP contribution is 2.20. The molecule has 0 radical (unpaired) electrons. The van der Waals surface area contributed by atoms with Gasteiger partial charge >= 0.3 is 12.1 Å². The van der Waals surface area contributed by atoms with Crippen LogP contribution in [0, 0.1) is 0 Å². The number of halogens is 3. The second-order valence-electron chi connectivity index (χ2n) is 5.97. The van der Waals surface area contributed by atoms with Crippen molar-refractivity contribution < 1.29 is 32.6 Å². The summed E-state index contributed by atoms with van der Waals surface area (Å²) in [5.74, 6) is -1.99. The predicted molar refractivity (Wildman–Crippen MR) is 78.6 cm³/mol. The molecular weight excluding hydrogens is 331 g/mol. The maximum absolute atomic E-state index is 10.6. The molecule has 0 aliphatic carbocycles. The van der Waals surface area contributed by atoms with Crippen LogP contribution in [0.4, 0.5) is 13.2 Å². The lowest BCUT2D eigenvalue weighted by molar-refractivity contribution is -0.192. The first-order valence-electron chi connectivity index (χ1n) is 7.94. The second kappa shape index (κ2) is 8.52. The van der Waals surface area contributed by atoms with Gasteiger partial charge in [0, 0.05) is 31.7 Å². The third kappa shape index (κ3) is 6.16. The molecule has 0 unspecified atom stereocenters. The average Bonchev–Trinajstić information content (AvgIpc) is 3.13. The lowest BCUT2D eigenvalue weighted by Crippen LogP contribution is -2.51. The summed E-state index contributed by atoms with van der Waals surface area (Å²) < 4.78 is 37.3. The summed E-state index contributed by atoms with van der Waals surface area (Å²) in [6, 6.07) is 1.48. The zero-order valence-corrected chi connectivity index (χ0v) is 13.2. The lowest BCUT2D eigenvalue weighted by atomic mass is 10.2. The SMILES string of the molecule is C(COC1=NOCC1)CN1C[C@H]2CC[C@@H](C1)N2.O=C(O)C(F)(F)F. The molecule has 2 saturated heterocycles. The molecule has 3 aliphatic rings. The van der Waals surface area contributed by atoms with Gasteiger partial charge in [-0.05, 0) is 19.3 Å². The van der Waals surface area contributed by atoms with Crippen molar-refractivity contribution in [1.82, 2.24) is 10.2 Å². The van der Waals surface area contributed by atoms with Crippen molar-refractivity contribution in [2.75, 3.05) is 32.8 Å². The number of likely N-dealkylation sites (tertiary alicyclic amines) is 1. The summed E-state index contributed by atoms with van der Waals surface area (Å²) in [6.07, 6.45) is -0.464. The lowest BCUT2D eigenvalue weighted by Gasteiger charge is -2.32. The highest BCUT2D eigenvalue weighted by atomic mass is 19.4. The number of carboxylic acids is 1. The van der Waals surface area contributed by atoms with E-state index in [9.17, 15) is 13.2 Å². The van der Waals surface area contributed by atoms with E-state index in [0.29, 0.717) is 6.61 Å². The Labute approximate surface area is 137 Å². The Morgan fingerprint density at radius 1 is 1.38 bits per heavy atom. The molecule has 2 fully saturated rings. The minimum Gasteiger partial charge on any atom is -0.479 e. The van der Waals surface area contributed by atoms with Gasteiger partial charge in [-0.2, -0.15) is 13.2 Å². The smallest absolute Gasteiger partial charge is 0.479 e. The van der Waals surface area contributed by atoms with E-state index in [0.717, 1.165) is 44.0 Å². The van der Waals surface area contributed by atoms with E-state index < -0.39 is 12.1 Å². The van der Waals surface area contributed by atoms with Gasteiger partial charge in [0.15, 0.2) is 0 Å². The van der Waals surface area contributed by atoms with Crippen LogP contribution in [0.5, 0.6) is 0 Å². The molecule has 3 aliphatic heterocycles. The van der Waals surface area contributed by atoms with Crippen LogP contribution in [0.25, 0.3) is 0 Å². The number of hydrogen-bond acceptors (Lipinski definition) is 6. The van der Waals surface area contributed by atoms with E-state index in [1.807, 2.05) is 0 Å². The summed E-state index contributed by atoms with van der Waals surface area (Å²) in [5.41, 5.74) is 0. The highest BCUT2D eigenvalue weighted by Gasteiger charge is 2.38. The van der Waals surface area contributed by atoms with Gasteiger partial charge in [-0.15, -0.1) is 0 Å². The minimum atomic E-state index is -5.08. The molecule has 0 amide bonds. The summed E-state index contributed by atoms with van der Waals surface area (Å²) >= 11 is 0. The van der Waals surface area contributed by atoms with Crippen LogP contribution >= 0.6 is 0 Å². The Bertz CT molecular complexity index is 447. The van der Waals surface area contributed by atoms with Crippen LogP contribution in [0.1, 0.15) is 25.7 Å². The molecule has 3 heterocycles. The first-order valence-corrected chi connectivity index (χ1v) is 7.94. The Balaban J connectivity index is 0.000000256. The molecule has 24 heavy (non-hydrogen) atoms. The molecule has 3 rings (SSSR count). The number of oxime groups is 1. The van der Waals surface area contributed by atoms with E-state index in [-0.39, 0.29) is 0 Å². The number of nitrogens with zero attached hydrogens (tertiary/aromatic N) is 2. The van der Waals surface area contributed by atoms with Crippen molar-refractivity contribution in [2.45, 2.75) is 43.9 Å². The Morgan fingerprint density at radius 3 is 2.50 bits per heavy atom. The molecule has 7 nitrogen and oxygen atoms in total. The van der Waals surface area contributed by atoms with Crippen molar-refractivity contribution in [1.29, 1.82) is 0 Å². The van der Waals surface area contributed by atoms with Crippen molar-refractivity contribution >= 4 is 11.9 Å². The minimum absolute atomic E-state index is 0.677. The number of carbonyl (C=O) groups is 1. The third-order valence-corrected chi connectivity index (χ3v) is 4.00. The van der Waals surface area contributed by atoms with Gasteiger partial charge in [-0.1, -0.05) is 5.16 Å². The van der Waals surface area contributed by atoms with E-state index in [1.165, 1.54) is 25.9 Å². The number of aliphatic carboxylic acids is 1. The fraction of sp³-hybridized carbons (Fsp3) is 0.857. The van der Waals surface area contributed by atoms with Crippen molar-refractivity contribution in [3.63, 3.8) is 0 Å². The number of hydrogen-bond donors (Lipinski definition) is 2. The fourth-order valence-corrected chi connectivity index (χ4v) is 2.94. The number of piperazine rings is 1. The van der Waals surface area contributed by atoms with E-state index in [1.54, 1.807) is 0 Å². The van der Waals surface area contributed by atoms with Gasteiger partial charge in [0.1, 0.15) is 6.61 Å². The molecule has 2 atom stereocenters. The number of fused-ring (bicyclic) bond motifs is 2. The molecule has 2 N–H and O–H groups in total. The van der Waals surface area contributed by atoms with Gasteiger partial charge in [0.2, 0.25) is 5.90 Å². The molecular formula is C14H22F3N3O4. The van der Waals surface area contributed by atoms with Gasteiger partial charge in [-0.25, -0.2) is 4.79 Å². The van der Waals surface area contributed by atoms with Crippen LogP contribution in [-0.2, 0) is 14.4 Å². The second-order valence-corrected chi connectivity index (χ2v) is 5.97. The molecule has 0 saturated carbocycles. The maximum atomic E-state index is 10.6. The Kier molecular flexibility index (Phi) is 6.67. The first kappa shape index (κ1) is 18.8. The predicted octanol–water partition coefficient (Wildman–Crippen LogP) is 1.20. The molecule has 138 valence electrons. The zero-order chi connectivity index (χ0) is 17.6. The number of carboxylic acid groups (broad SMARTS) is 1. The molecule has 2 bridgehead atoms. The van der Waals surface area contributed by atoms with Crippen LogP contribution < -0.4 is 5.32 Å². The molecule has 0 spiro atoms. The first-order chi connectivity index (χ1) is 11.3. The standard InChI is InChI=1S/C12H21N3O2.C2HF3O2/c1(6-16-12-4-7-17-14-12)5-15-8-10-2-3-11(9-15)13-10;3-2(4,5)1(6)7/h10-11,13H,1-9H2;(H,6,7)/t10-,11+;. The van der Waals surface area contributed by atoms with Gasteiger partial charge in [0.25, 0.3) is 0 Å². The summed E-state index contributed by atoms with van der Waals surface area (Å²) in [5, 5.41) is 14.6. The quantitative estimate of drug-likeness (QED) is 0.739. The topological polar surface area (TPSA) is 83.4 Å². The van der Waals surface area contributed by atoms with E-state index >= 15 is 0 Å². The highest BCUT2D eigenvalue weighted by molar-refractivity contribution is 5.76. The van der Waals surface area contributed by atoms with Crippen LogP contribution in [0.3, 0.4) is 0 Å². The van der Waals surface area contributed by atoms with Crippen LogP contribution in [-0.4, -0.2) is 73.0 Å². The summed E-state index contributed by atoms with van der Waals surface area (Å²) in [7, 11) is 0. The normalized spacial score (nSPS) is 26.2. The van der Waals surface area contributed by atoms with Crippen molar-refractivity contribution in [2.24, 2.45) is 5.16 Å². The fourth-order valence-electron chi connectivity index (χ4n) is 2.94. The van der Waals surface area contributed by atoms with Crippen molar-refractivity contribution in [3.8, 4) is 0 Å². The number of alkyl halides is 3. The van der Waals surface area contributed by atoms with Crippen LogP contribution in [0.2, 0.25) is 0 Å². The molecule has 0 aromatic rings. The number of rotatable bonds is 4. The largest absolute Gasteiger partial charge is 0.490 e. The van der Waals surface area contributed by atoms with E-state index in [4.69, 9.17) is 19.5 Å². The maximum Gasteiger partial charge on any atom is 0.490 e. The molecule has 10 heteroatoms. The zero-order valence-electron chi connectivity index (χ0n) is 13.2. The van der Waals surface area contributed by atoms with Crippen molar-refractivity contribution in [3.05, 3.63) is 0 Å². The Hall–Kier alpha value is -1.55. The number of nitrogens with one attached hydrogen (secondary N) is 1. The summed E-state index contributed by atoms with van der Waals surface area (Å²) in [4.78, 5) is 16.3. The average molecular weight is 353 g/mol. The van der Waals surface area contributed by atoms with Gasteiger partial charge in [-0.3, -0.25) is 0 Å². The van der Waals surface area contributed by atoms with Gasteiger partial charge < -0.3 is 24.9 Å². The summed E-state index contributed by atoms with van der Waals surface area (Å²) in [6.45, 7) is 5.00. The van der Waals surface area contributed by atoms with Crippen LogP contribution in [0.15, 0.2) is 5.16 Å². The molecule has 0 aromatic carbocycles. The monoisotopic (exact) mass is 353 g/mol. The van der Waals surface area contributed by atoms with Gasteiger partial charge in [0.05, 0.1) is 13.0 Å². The molecule has 0 aromatic heterocycles.